The lowest BCUT2D eigenvalue weighted by molar-refractivity contribution is 0.210. The van der Waals surface area contributed by atoms with E-state index in [0.717, 1.165) is 0 Å². The number of ether oxygens (including phenoxy) is 2. The number of nitrogens with zero attached hydrogens (tertiary/aromatic N) is 2. The molecule has 0 saturated carbocycles. The summed E-state index contributed by atoms with van der Waals surface area (Å²) in [5.74, 6) is 0.0941. The summed E-state index contributed by atoms with van der Waals surface area (Å²) < 4.78 is 10.1. The van der Waals surface area contributed by atoms with Crippen LogP contribution in [0, 0.1) is 0 Å². The van der Waals surface area contributed by atoms with Gasteiger partial charge in [-0.05, 0) is 24.3 Å². The van der Waals surface area contributed by atoms with Gasteiger partial charge in [0.15, 0.2) is 5.75 Å². The molecule has 7 nitrogen and oxygen atoms in total. The molecule has 0 saturated heterocycles. The lowest BCUT2D eigenvalue weighted by Gasteiger charge is -2.08. The predicted octanol–water partition coefficient (Wildman–Crippen LogP) is 2.95. The molecule has 0 bridgehead atoms. The Morgan fingerprint density at radius 2 is 1.96 bits per heavy atom. The third-order valence-electron chi connectivity index (χ3n) is 3.12. The molecule has 2 aromatic carbocycles. The molecule has 0 aliphatic rings. The topological polar surface area (TPSA) is 93.6 Å². The van der Waals surface area contributed by atoms with Gasteiger partial charge in [0, 0.05) is 17.1 Å². The van der Waals surface area contributed by atoms with Gasteiger partial charge in [0.1, 0.15) is 5.75 Å². The van der Waals surface area contributed by atoms with E-state index in [1.807, 2.05) is 0 Å². The van der Waals surface area contributed by atoms with Crippen LogP contribution in [0.5, 0.6) is 17.4 Å². The van der Waals surface area contributed by atoms with Gasteiger partial charge in [-0.1, -0.05) is 18.2 Å². The van der Waals surface area contributed by atoms with Crippen LogP contribution in [-0.4, -0.2) is 28.5 Å². The van der Waals surface area contributed by atoms with Crippen LogP contribution in [0.2, 0.25) is 0 Å². The van der Waals surface area contributed by atoms with E-state index in [1.54, 1.807) is 48.5 Å². The minimum atomic E-state index is -0.793. The molecule has 3 aromatic rings. The third-order valence-corrected chi connectivity index (χ3v) is 3.12. The number of methoxy groups -OCH3 is 1. The van der Waals surface area contributed by atoms with E-state index in [2.05, 4.69) is 15.5 Å². The Kier molecular flexibility index (Phi) is 3.92. The fourth-order valence-corrected chi connectivity index (χ4v) is 2.02. The van der Waals surface area contributed by atoms with Gasteiger partial charge in [0.25, 0.3) is 5.88 Å². The minimum Gasteiger partial charge on any atom is -0.503 e. The van der Waals surface area contributed by atoms with Crippen molar-refractivity contribution >= 4 is 22.7 Å². The Labute approximate surface area is 131 Å². The van der Waals surface area contributed by atoms with Crippen molar-refractivity contribution in [3.63, 3.8) is 0 Å². The van der Waals surface area contributed by atoms with Gasteiger partial charge in [-0.15, -0.1) is 10.2 Å². The van der Waals surface area contributed by atoms with Gasteiger partial charge in [0.05, 0.1) is 12.6 Å². The Morgan fingerprint density at radius 1 is 1.13 bits per heavy atom. The smallest absolute Gasteiger partial charge is 0.418 e. The van der Waals surface area contributed by atoms with Crippen LogP contribution >= 0.6 is 0 Å². The van der Waals surface area contributed by atoms with E-state index in [-0.39, 0.29) is 11.6 Å². The number of rotatable bonds is 3. The summed E-state index contributed by atoms with van der Waals surface area (Å²) in [6.07, 6.45) is -0.793. The molecule has 0 spiro atoms. The first kappa shape index (κ1) is 14.6. The number of anilines is 1. The maximum Gasteiger partial charge on any atom is 0.418 e. The number of fused-ring (bicyclic) bond motifs is 1. The molecule has 1 aromatic heterocycles. The summed E-state index contributed by atoms with van der Waals surface area (Å²) >= 11 is 0. The Morgan fingerprint density at radius 3 is 2.78 bits per heavy atom. The van der Waals surface area contributed by atoms with Crippen molar-refractivity contribution in [2.45, 2.75) is 0 Å². The zero-order valence-corrected chi connectivity index (χ0v) is 12.2. The number of benzene rings is 2. The van der Waals surface area contributed by atoms with Crippen LogP contribution in [-0.2, 0) is 0 Å². The summed E-state index contributed by atoms with van der Waals surface area (Å²) in [6.45, 7) is 0. The van der Waals surface area contributed by atoms with E-state index in [1.165, 1.54) is 7.11 Å². The molecule has 1 heterocycles. The third kappa shape index (κ3) is 3.13. The molecule has 0 radical (unpaired) electrons. The molecule has 3 rings (SSSR count). The molecule has 0 fully saturated rings. The van der Waals surface area contributed by atoms with Gasteiger partial charge in [0.2, 0.25) is 0 Å². The number of aromatic hydroxyl groups is 1. The monoisotopic (exact) mass is 311 g/mol. The Bertz CT molecular complexity index is 867. The summed E-state index contributed by atoms with van der Waals surface area (Å²) in [5.41, 5.74) is 0.994. The molecule has 0 atom stereocenters. The van der Waals surface area contributed by atoms with Gasteiger partial charge in [-0.3, -0.25) is 5.32 Å². The summed E-state index contributed by atoms with van der Waals surface area (Å²) in [6, 6.07) is 13.6. The second-order valence-corrected chi connectivity index (χ2v) is 4.62. The molecule has 0 unspecified atom stereocenters. The highest BCUT2D eigenvalue weighted by atomic mass is 16.6. The fourth-order valence-electron chi connectivity index (χ4n) is 2.02. The largest absolute Gasteiger partial charge is 0.503 e. The standard InChI is InChI=1S/C16H13N3O4/c1-22-11-6-4-5-10(9-11)17-16(21)23-15-14(20)12-7-2-3-8-13(12)18-19-15/h2-9H,1H3,(H,17,21)(H,18,20). The van der Waals surface area contributed by atoms with E-state index in [9.17, 15) is 9.90 Å². The second kappa shape index (κ2) is 6.18. The van der Waals surface area contributed by atoms with Crippen molar-refractivity contribution in [3.8, 4) is 17.4 Å². The molecule has 0 aliphatic carbocycles. The zero-order valence-electron chi connectivity index (χ0n) is 12.2. The van der Waals surface area contributed by atoms with Crippen LogP contribution in [0.15, 0.2) is 48.5 Å². The fraction of sp³-hybridized carbons (Fsp3) is 0.0625. The quantitative estimate of drug-likeness (QED) is 0.772. The van der Waals surface area contributed by atoms with Gasteiger partial charge >= 0.3 is 6.09 Å². The number of nitrogens with one attached hydrogen (secondary N) is 1. The molecule has 7 heteroatoms. The average molecular weight is 311 g/mol. The van der Waals surface area contributed by atoms with Crippen molar-refractivity contribution in [1.29, 1.82) is 0 Å². The number of carbonyl (C=O) groups is 1. The van der Waals surface area contributed by atoms with Gasteiger partial charge in [-0.2, -0.15) is 0 Å². The normalized spacial score (nSPS) is 10.3. The molecule has 0 aliphatic heterocycles. The van der Waals surface area contributed by atoms with Crippen molar-refractivity contribution in [3.05, 3.63) is 48.5 Å². The highest BCUT2D eigenvalue weighted by Gasteiger charge is 2.14. The second-order valence-electron chi connectivity index (χ2n) is 4.62. The Hall–Kier alpha value is -3.35. The maximum atomic E-state index is 11.9. The van der Waals surface area contributed by atoms with Crippen LogP contribution in [0.3, 0.4) is 0 Å². The number of hydrogen-bond acceptors (Lipinski definition) is 6. The van der Waals surface area contributed by atoms with Crippen LogP contribution in [0.4, 0.5) is 10.5 Å². The van der Waals surface area contributed by atoms with E-state index in [0.29, 0.717) is 22.3 Å². The Balaban J connectivity index is 1.78. The molecular formula is C16H13N3O4. The summed E-state index contributed by atoms with van der Waals surface area (Å²) in [5, 5.41) is 20.7. The molecule has 116 valence electrons. The lowest BCUT2D eigenvalue weighted by atomic mass is 10.2. The molecular weight excluding hydrogens is 298 g/mol. The number of carbonyl (C=O) groups excluding carboxylic acids is 1. The highest BCUT2D eigenvalue weighted by Crippen LogP contribution is 2.30. The van der Waals surface area contributed by atoms with Crippen LogP contribution in [0.1, 0.15) is 0 Å². The van der Waals surface area contributed by atoms with Crippen molar-refractivity contribution in [1.82, 2.24) is 10.2 Å². The number of amides is 1. The average Bonchev–Trinajstić information content (AvgIpc) is 2.58. The maximum absolute atomic E-state index is 11.9. The van der Waals surface area contributed by atoms with Crippen molar-refractivity contribution < 1.29 is 19.4 Å². The predicted molar refractivity (Wildman–Crippen MR) is 83.8 cm³/mol. The first-order valence-electron chi connectivity index (χ1n) is 6.74. The summed E-state index contributed by atoms with van der Waals surface area (Å²) in [7, 11) is 1.53. The molecule has 1 amide bonds. The molecule has 2 N–H and O–H groups in total. The minimum absolute atomic E-state index is 0.239. The number of aromatic nitrogens is 2. The van der Waals surface area contributed by atoms with Crippen molar-refractivity contribution in [2.75, 3.05) is 12.4 Å². The zero-order chi connectivity index (χ0) is 16.2. The SMILES string of the molecule is COc1cccc(NC(=O)Oc2nnc3ccccc3c2O)c1. The van der Waals surface area contributed by atoms with E-state index >= 15 is 0 Å². The highest BCUT2D eigenvalue weighted by molar-refractivity contribution is 5.89. The van der Waals surface area contributed by atoms with Gasteiger partial charge in [-0.25, -0.2) is 4.79 Å². The number of hydrogen-bond donors (Lipinski definition) is 2. The lowest BCUT2D eigenvalue weighted by Crippen LogP contribution is -2.17. The summed E-state index contributed by atoms with van der Waals surface area (Å²) in [4.78, 5) is 11.9. The first-order chi connectivity index (χ1) is 11.2. The van der Waals surface area contributed by atoms with Crippen LogP contribution in [0.25, 0.3) is 10.9 Å². The van der Waals surface area contributed by atoms with Crippen LogP contribution < -0.4 is 14.8 Å². The van der Waals surface area contributed by atoms with E-state index < -0.39 is 6.09 Å². The molecule has 23 heavy (non-hydrogen) atoms. The van der Waals surface area contributed by atoms with Crippen molar-refractivity contribution in [2.24, 2.45) is 0 Å². The first-order valence-corrected chi connectivity index (χ1v) is 6.74. The van der Waals surface area contributed by atoms with Gasteiger partial charge < -0.3 is 14.6 Å². The van der Waals surface area contributed by atoms with E-state index in [4.69, 9.17) is 9.47 Å².